The third-order valence-electron chi connectivity index (χ3n) is 3.56. The molecule has 0 N–H and O–H groups in total. The zero-order valence-electron chi connectivity index (χ0n) is 16.2. The highest BCUT2D eigenvalue weighted by Crippen LogP contribution is 2.18. The van der Waals surface area contributed by atoms with Crippen LogP contribution in [0.5, 0.6) is 0 Å². The summed E-state index contributed by atoms with van der Waals surface area (Å²) in [5.41, 5.74) is 0. The predicted octanol–water partition coefficient (Wildman–Crippen LogP) is 0.724. The number of carbonyl (C=O) groups is 4. The summed E-state index contributed by atoms with van der Waals surface area (Å²) in [6.45, 7) is 1.17. The number of hydrogen-bond acceptors (Lipinski definition) is 11. The van der Waals surface area contributed by atoms with Crippen LogP contribution in [0.25, 0.3) is 0 Å². The zero-order valence-corrected chi connectivity index (χ0v) is 18.6. The molecule has 0 aromatic rings. The summed E-state index contributed by atoms with van der Waals surface area (Å²) >= 11 is 3.05. The molecule has 0 unspecified atom stereocenters. The van der Waals surface area contributed by atoms with Crippen molar-refractivity contribution in [2.45, 2.75) is 0 Å². The van der Waals surface area contributed by atoms with Crippen LogP contribution < -0.4 is 0 Å². The lowest BCUT2D eigenvalue weighted by atomic mass is 10.5. The van der Waals surface area contributed by atoms with Crippen LogP contribution in [0.1, 0.15) is 0 Å². The second-order valence-corrected chi connectivity index (χ2v) is 9.16. The summed E-state index contributed by atoms with van der Waals surface area (Å²) in [5, 5.41) is 7.32. The molecule has 0 aromatic carbocycles. The SMILES string of the molecule is CN1CCSC(=NOC(=O)N(C)SN(C)C(=O)ON=C2SCCN(C)C2=O)C1=O. The van der Waals surface area contributed by atoms with E-state index in [4.69, 9.17) is 9.68 Å². The molecular weight excluding hydrogens is 444 g/mol. The highest BCUT2D eigenvalue weighted by atomic mass is 32.2. The number of thioether (sulfide) groups is 2. The van der Waals surface area contributed by atoms with Crippen LogP contribution in [0.2, 0.25) is 0 Å². The molecule has 0 bridgehead atoms. The van der Waals surface area contributed by atoms with Gasteiger partial charge in [0.2, 0.25) is 10.1 Å². The fourth-order valence-corrected chi connectivity index (χ4v) is 4.29. The molecule has 0 saturated carbocycles. The van der Waals surface area contributed by atoms with Crippen LogP contribution in [0.15, 0.2) is 10.3 Å². The molecule has 12 nitrogen and oxygen atoms in total. The molecule has 2 heterocycles. The third kappa shape index (κ3) is 6.43. The molecule has 2 fully saturated rings. The Bertz CT molecular complexity index is 687. The quantitative estimate of drug-likeness (QED) is 0.336. The zero-order chi connectivity index (χ0) is 21.6. The summed E-state index contributed by atoms with van der Waals surface area (Å²) in [7, 11) is 5.95. The van der Waals surface area contributed by atoms with Crippen LogP contribution >= 0.6 is 35.7 Å². The molecule has 2 aliphatic heterocycles. The molecule has 4 amide bonds. The normalized spacial score (nSPS) is 20.1. The van der Waals surface area contributed by atoms with Gasteiger partial charge >= 0.3 is 12.2 Å². The van der Waals surface area contributed by atoms with Crippen molar-refractivity contribution in [3.63, 3.8) is 0 Å². The van der Waals surface area contributed by atoms with Crippen molar-refractivity contribution in [1.82, 2.24) is 18.4 Å². The van der Waals surface area contributed by atoms with Gasteiger partial charge in [0.25, 0.3) is 11.8 Å². The number of carbonyl (C=O) groups excluding carboxylic acids is 4. The van der Waals surface area contributed by atoms with E-state index in [0.29, 0.717) is 36.7 Å². The topological polar surface area (TPSA) is 124 Å². The fourth-order valence-electron chi connectivity index (χ4n) is 1.87. The minimum Gasteiger partial charge on any atom is -0.339 e. The minimum absolute atomic E-state index is 0.0775. The van der Waals surface area contributed by atoms with E-state index >= 15 is 0 Å². The van der Waals surface area contributed by atoms with E-state index < -0.39 is 12.2 Å². The molecule has 29 heavy (non-hydrogen) atoms. The van der Waals surface area contributed by atoms with Gasteiger partial charge in [-0.1, -0.05) is 33.8 Å². The van der Waals surface area contributed by atoms with Crippen LogP contribution in [0, 0.1) is 0 Å². The van der Waals surface area contributed by atoms with Gasteiger partial charge < -0.3 is 9.80 Å². The first kappa shape index (κ1) is 23.2. The Balaban J connectivity index is 1.83. The Morgan fingerprint density at radius 1 is 0.897 bits per heavy atom. The van der Waals surface area contributed by atoms with E-state index in [0.717, 1.165) is 8.61 Å². The van der Waals surface area contributed by atoms with Crippen LogP contribution in [-0.4, -0.2) is 105 Å². The molecule has 2 aliphatic rings. The lowest BCUT2D eigenvalue weighted by Crippen LogP contribution is -2.38. The lowest BCUT2D eigenvalue weighted by molar-refractivity contribution is -0.123. The Labute approximate surface area is 180 Å². The maximum absolute atomic E-state index is 12.0. The Hall–Kier alpha value is -2.13. The summed E-state index contributed by atoms with van der Waals surface area (Å²) in [5.74, 6) is 0.642. The molecule has 2 saturated heterocycles. The molecule has 2 rings (SSSR count). The van der Waals surface area contributed by atoms with E-state index in [1.54, 1.807) is 14.1 Å². The second-order valence-electron chi connectivity index (χ2n) is 5.73. The second kappa shape index (κ2) is 10.6. The van der Waals surface area contributed by atoms with Crippen molar-refractivity contribution in [2.75, 3.05) is 52.8 Å². The maximum atomic E-state index is 12.0. The largest absolute Gasteiger partial charge is 0.447 e. The number of amides is 4. The summed E-state index contributed by atoms with van der Waals surface area (Å²) in [6, 6.07) is 0. The van der Waals surface area contributed by atoms with Gasteiger partial charge in [0.1, 0.15) is 0 Å². The Kier molecular flexibility index (Phi) is 8.45. The van der Waals surface area contributed by atoms with Crippen molar-refractivity contribution in [3.8, 4) is 0 Å². The van der Waals surface area contributed by atoms with Crippen molar-refractivity contribution in [1.29, 1.82) is 0 Å². The summed E-state index contributed by atoms with van der Waals surface area (Å²) in [4.78, 5) is 60.2. The molecule has 160 valence electrons. The molecule has 15 heteroatoms. The fraction of sp³-hybridized carbons (Fsp3) is 0.571. The first-order valence-corrected chi connectivity index (χ1v) is 10.9. The molecule has 0 radical (unpaired) electrons. The van der Waals surface area contributed by atoms with Gasteiger partial charge in [-0.05, 0) is 0 Å². The van der Waals surface area contributed by atoms with Crippen molar-refractivity contribution >= 4 is 69.7 Å². The first-order valence-electron chi connectivity index (χ1n) is 8.20. The van der Waals surface area contributed by atoms with Crippen LogP contribution in [0.4, 0.5) is 9.59 Å². The average molecular weight is 465 g/mol. The monoisotopic (exact) mass is 464 g/mol. The van der Waals surface area contributed by atoms with Gasteiger partial charge in [-0.15, -0.1) is 0 Å². The summed E-state index contributed by atoms with van der Waals surface area (Å²) < 4.78 is 1.96. The maximum Gasteiger partial charge on any atom is 0.447 e. The van der Waals surface area contributed by atoms with Gasteiger partial charge in [0, 0.05) is 52.8 Å². The van der Waals surface area contributed by atoms with Crippen LogP contribution in [0.3, 0.4) is 0 Å². The van der Waals surface area contributed by atoms with E-state index in [1.807, 2.05) is 0 Å². The minimum atomic E-state index is -0.894. The molecule has 0 aromatic heterocycles. The highest BCUT2D eigenvalue weighted by molar-refractivity contribution is 8.16. The van der Waals surface area contributed by atoms with Gasteiger partial charge in [-0.2, -0.15) is 0 Å². The van der Waals surface area contributed by atoms with E-state index in [1.165, 1.54) is 47.4 Å². The molecular formula is C14H20N6O6S3. The number of hydrogen-bond donors (Lipinski definition) is 0. The van der Waals surface area contributed by atoms with Crippen molar-refractivity contribution in [3.05, 3.63) is 0 Å². The number of oxime groups is 2. The van der Waals surface area contributed by atoms with Gasteiger partial charge in [0.15, 0.2) is 0 Å². The van der Waals surface area contributed by atoms with E-state index in [-0.39, 0.29) is 21.9 Å². The van der Waals surface area contributed by atoms with E-state index in [9.17, 15) is 19.2 Å². The van der Waals surface area contributed by atoms with Gasteiger partial charge in [-0.3, -0.25) is 19.3 Å². The molecule has 0 spiro atoms. The number of nitrogens with zero attached hydrogens (tertiary/aromatic N) is 6. The molecule has 0 atom stereocenters. The number of rotatable bonds is 4. The summed E-state index contributed by atoms with van der Waals surface area (Å²) in [6.07, 6.45) is -1.79. The first-order chi connectivity index (χ1) is 13.7. The Morgan fingerprint density at radius 3 is 1.66 bits per heavy atom. The van der Waals surface area contributed by atoms with Gasteiger partial charge in [0.05, 0.1) is 12.1 Å². The van der Waals surface area contributed by atoms with Gasteiger partial charge in [-0.25, -0.2) is 18.2 Å². The highest BCUT2D eigenvalue weighted by Gasteiger charge is 2.26. The van der Waals surface area contributed by atoms with Crippen molar-refractivity contribution in [2.24, 2.45) is 10.3 Å². The standard InChI is InChI=1S/C14H20N6O6S3/c1-17-5-7-27-9(11(17)21)15-25-13(23)19(3)29-20(4)14(24)26-16-10-12(22)18(2)6-8-28-10/h5-8H2,1-4H3. The average Bonchev–Trinajstić information content (AvgIpc) is 2.69. The molecule has 0 aliphatic carbocycles. The van der Waals surface area contributed by atoms with Crippen molar-refractivity contribution < 1.29 is 28.9 Å². The Morgan fingerprint density at radius 2 is 1.28 bits per heavy atom. The predicted molar refractivity (Wildman–Crippen MR) is 111 cm³/mol. The van der Waals surface area contributed by atoms with Crippen LogP contribution in [-0.2, 0) is 19.3 Å². The lowest BCUT2D eigenvalue weighted by Gasteiger charge is -2.23. The van der Waals surface area contributed by atoms with E-state index in [2.05, 4.69) is 10.3 Å². The third-order valence-corrected chi connectivity index (χ3v) is 6.17. The smallest absolute Gasteiger partial charge is 0.339 e.